The van der Waals surface area contributed by atoms with Crippen molar-refractivity contribution in [2.75, 3.05) is 33.7 Å². The Kier molecular flexibility index (Phi) is 4.57. The normalized spacial score (nSPS) is 25.7. The quantitative estimate of drug-likeness (QED) is 0.748. The largest absolute Gasteiger partial charge is 0.306 e. The molecule has 1 saturated carbocycles. The minimum atomic E-state index is 0.467. The third kappa shape index (κ3) is 3.78. The molecule has 2 fully saturated rings. The molecule has 0 unspecified atom stereocenters. The van der Waals surface area contributed by atoms with Gasteiger partial charge in [-0.3, -0.25) is 4.79 Å². The minimum absolute atomic E-state index is 0.467. The molecular weight excluding hydrogens is 212 g/mol. The second-order valence-electron chi connectivity index (χ2n) is 5.96. The van der Waals surface area contributed by atoms with Crippen LogP contribution in [0, 0.1) is 5.92 Å². The van der Waals surface area contributed by atoms with Gasteiger partial charge in [0.05, 0.1) is 0 Å². The lowest BCUT2D eigenvalue weighted by Gasteiger charge is -2.36. The highest BCUT2D eigenvalue weighted by Crippen LogP contribution is 2.23. The highest BCUT2D eigenvalue weighted by atomic mass is 16.1. The molecule has 1 heterocycles. The van der Waals surface area contributed by atoms with Crippen LogP contribution in [0.4, 0.5) is 0 Å². The smallest absolute Gasteiger partial charge is 0.133 e. The number of Topliss-reactive ketones (excluding diaryl/α,β-unsaturated/α-hetero) is 1. The van der Waals surface area contributed by atoms with Gasteiger partial charge in [0.25, 0.3) is 0 Å². The lowest BCUT2D eigenvalue weighted by Crippen LogP contribution is -2.41. The Labute approximate surface area is 105 Å². The molecule has 3 heteroatoms. The second-order valence-corrected chi connectivity index (χ2v) is 5.96. The maximum absolute atomic E-state index is 11.2. The van der Waals surface area contributed by atoms with Gasteiger partial charge in [0.15, 0.2) is 0 Å². The van der Waals surface area contributed by atoms with Crippen molar-refractivity contribution >= 4 is 5.78 Å². The van der Waals surface area contributed by atoms with Crippen LogP contribution in [0.3, 0.4) is 0 Å². The average molecular weight is 238 g/mol. The van der Waals surface area contributed by atoms with E-state index in [1.807, 2.05) is 0 Å². The summed E-state index contributed by atoms with van der Waals surface area (Å²) in [7, 11) is 4.46. The van der Waals surface area contributed by atoms with Crippen LogP contribution in [-0.2, 0) is 4.79 Å². The van der Waals surface area contributed by atoms with Crippen molar-refractivity contribution in [2.45, 2.75) is 44.6 Å². The van der Waals surface area contributed by atoms with Crippen molar-refractivity contribution in [1.29, 1.82) is 0 Å². The van der Waals surface area contributed by atoms with Gasteiger partial charge in [0.2, 0.25) is 0 Å². The van der Waals surface area contributed by atoms with E-state index in [1.54, 1.807) is 0 Å². The fourth-order valence-electron chi connectivity index (χ4n) is 3.17. The first-order valence-corrected chi connectivity index (χ1v) is 7.05. The molecule has 2 rings (SSSR count). The average Bonchev–Trinajstić information content (AvgIpc) is 2.33. The molecule has 0 aromatic rings. The first-order valence-electron chi connectivity index (χ1n) is 7.05. The molecule has 98 valence electrons. The summed E-state index contributed by atoms with van der Waals surface area (Å²) in [5, 5.41) is 0. The molecule has 0 aromatic carbocycles. The zero-order chi connectivity index (χ0) is 12.3. The topological polar surface area (TPSA) is 23.6 Å². The van der Waals surface area contributed by atoms with E-state index < -0.39 is 0 Å². The molecule has 0 N–H and O–H groups in total. The van der Waals surface area contributed by atoms with Crippen molar-refractivity contribution in [3.05, 3.63) is 0 Å². The van der Waals surface area contributed by atoms with E-state index in [0.29, 0.717) is 11.8 Å². The molecule has 0 bridgehead atoms. The second kappa shape index (κ2) is 5.96. The maximum Gasteiger partial charge on any atom is 0.133 e. The number of rotatable bonds is 3. The molecule has 0 spiro atoms. The highest BCUT2D eigenvalue weighted by molar-refractivity contribution is 5.79. The van der Waals surface area contributed by atoms with Gasteiger partial charge in [0, 0.05) is 25.4 Å². The molecule has 3 nitrogen and oxygen atoms in total. The highest BCUT2D eigenvalue weighted by Gasteiger charge is 2.25. The Morgan fingerprint density at radius 3 is 2.35 bits per heavy atom. The third-order valence-corrected chi connectivity index (χ3v) is 4.52. The van der Waals surface area contributed by atoms with E-state index in [-0.39, 0.29) is 0 Å². The van der Waals surface area contributed by atoms with Crippen molar-refractivity contribution in [2.24, 2.45) is 5.92 Å². The number of carbonyl (C=O) groups is 1. The van der Waals surface area contributed by atoms with Gasteiger partial charge < -0.3 is 9.80 Å². The summed E-state index contributed by atoms with van der Waals surface area (Å²) >= 11 is 0. The summed E-state index contributed by atoms with van der Waals surface area (Å²) in [4.78, 5) is 16.2. The molecule has 1 saturated heterocycles. The standard InChI is InChI=1S/C14H26N2O/c1-15-9-7-12(8-10-15)11-16(2)13-3-5-14(17)6-4-13/h12-13H,3-11H2,1-2H3. The van der Waals surface area contributed by atoms with Crippen molar-refractivity contribution in [3.8, 4) is 0 Å². The lowest BCUT2D eigenvalue weighted by atomic mass is 9.91. The van der Waals surface area contributed by atoms with E-state index in [9.17, 15) is 4.79 Å². The number of carbonyl (C=O) groups excluding carboxylic acids is 1. The number of nitrogens with zero attached hydrogens (tertiary/aromatic N) is 2. The summed E-state index contributed by atoms with van der Waals surface area (Å²) in [5.41, 5.74) is 0. The van der Waals surface area contributed by atoms with E-state index in [1.165, 1.54) is 32.5 Å². The van der Waals surface area contributed by atoms with Crippen LogP contribution in [-0.4, -0.2) is 55.4 Å². The van der Waals surface area contributed by atoms with Crippen LogP contribution >= 0.6 is 0 Å². The molecule has 2 aliphatic rings. The molecule has 0 aromatic heterocycles. The van der Waals surface area contributed by atoms with Gasteiger partial charge in [-0.15, -0.1) is 0 Å². The fourth-order valence-corrected chi connectivity index (χ4v) is 3.17. The van der Waals surface area contributed by atoms with Crippen LogP contribution in [0.1, 0.15) is 38.5 Å². The minimum Gasteiger partial charge on any atom is -0.306 e. The van der Waals surface area contributed by atoms with Crippen molar-refractivity contribution < 1.29 is 4.79 Å². The maximum atomic E-state index is 11.2. The van der Waals surface area contributed by atoms with E-state index >= 15 is 0 Å². The Hall–Kier alpha value is -0.410. The number of piperidine rings is 1. The number of likely N-dealkylation sites (tertiary alicyclic amines) is 1. The Bertz CT molecular complexity index is 249. The number of hydrogen-bond acceptors (Lipinski definition) is 3. The lowest BCUT2D eigenvalue weighted by molar-refractivity contribution is -0.121. The summed E-state index contributed by atoms with van der Waals surface area (Å²) in [6, 6.07) is 0.660. The van der Waals surface area contributed by atoms with Gasteiger partial charge in [-0.25, -0.2) is 0 Å². The predicted molar refractivity (Wildman–Crippen MR) is 70.1 cm³/mol. The zero-order valence-corrected chi connectivity index (χ0v) is 11.3. The molecule has 17 heavy (non-hydrogen) atoms. The van der Waals surface area contributed by atoms with Gasteiger partial charge in [0.1, 0.15) is 5.78 Å². The predicted octanol–water partition coefficient (Wildman–Crippen LogP) is 1.77. The van der Waals surface area contributed by atoms with E-state index in [0.717, 1.165) is 31.6 Å². The van der Waals surface area contributed by atoms with Crippen molar-refractivity contribution in [1.82, 2.24) is 9.80 Å². The Balaban J connectivity index is 1.73. The summed E-state index contributed by atoms with van der Waals surface area (Å²) in [6.07, 6.45) is 6.47. The molecule has 0 amide bonds. The third-order valence-electron chi connectivity index (χ3n) is 4.52. The van der Waals surface area contributed by atoms with Gasteiger partial charge in [-0.05, 0) is 58.8 Å². The number of hydrogen-bond donors (Lipinski definition) is 0. The van der Waals surface area contributed by atoms with E-state index in [2.05, 4.69) is 23.9 Å². The van der Waals surface area contributed by atoms with Crippen LogP contribution in [0.2, 0.25) is 0 Å². The summed E-state index contributed by atoms with van der Waals surface area (Å²) < 4.78 is 0. The Morgan fingerprint density at radius 2 is 1.76 bits per heavy atom. The zero-order valence-electron chi connectivity index (χ0n) is 11.3. The van der Waals surface area contributed by atoms with Crippen molar-refractivity contribution in [3.63, 3.8) is 0 Å². The monoisotopic (exact) mass is 238 g/mol. The van der Waals surface area contributed by atoms with Crippen LogP contribution in [0.5, 0.6) is 0 Å². The summed E-state index contributed by atoms with van der Waals surface area (Å²) in [5.74, 6) is 1.34. The van der Waals surface area contributed by atoms with Crippen LogP contribution in [0.15, 0.2) is 0 Å². The first-order chi connectivity index (χ1) is 8.15. The van der Waals surface area contributed by atoms with Gasteiger partial charge in [-0.2, -0.15) is 0 Å². The molecule has 1 aliphatic heterocycles. The van der Waals surface area contributed by atoms with Crippen LogP contribution < -0.4 is 0 Å². The van der Waals surface area contributed by atoms with Gasteiger partial charge >= 0.3 is 0 Å². The fraction of sp³-hybridized carbons (Fsp3) is 0.929. The molecule has 0 atom stereocenters. The number of ketones is 1. The molecule has 0 radical (unpaired) electrons. The Morgan fingerprint density at radius 1 is 1.18 bits per heavy atom. The SMILES string of the molecule is CN1CCC(CN(C)C2CCC(=O)CC2)CC1. The first kappa shape index (κ1) is 13.0. The van der Waals surface area contributed by atoms with E-state index in [4.69, 9.17) is 0 Å². The van der Waals surface area contributed by atoms with Gasteiger partial charge in [-0.1, -0.05) is 0 Å². The summed E-state index contributed by atoms with van der Waals surface area (Å²) in [6.45, 7) is 3.73. The molecular formula is C14H26N2O. The van der Waals surface area contributed by atoms with Crippen LogP contribution in [0.25, 0.3) is 0 Å². The molecule has 1 aliphatic carbocycles.